The zero-order valence-electron chi connectivity index (χ0n) is 14.8. The Morgan fingerprint density at radius 3 is 2.62 bits per heavy atom. The minimum absolute atomic E-state index is 0.173. The van der Waals surface area contributed by atoms with Crippen LogP contribution in [0.1, 0.15) is 29.5 Å². The molecule has 0 radical (unpaired) electrons. The number of hydrogen-bond donors (Lipinski definition) is 2. The lowest BCUT2D eigenvalue weighted by atomic mass is 10.1. The van der Waals surface area contributed by atoms with Gasteiger partial charge in [0.05, 0.1) is 11.8 Å². The number of benzene rings is 2. The summed E-state index contributed by atoms with van der Waals surface area (Å²) in [6, 6.07) is 15.5. The van der Waals surface area contributed by atoms with Crippen molar-refractivity contribution in [2.75, 3.05) is 6.54 Å². The maximum Gasteiger partial charge on any atom is 0.311 e. The Morgan fingerprint density at radius 1 is 1.15 bits per heavy atom. The first-order chi connectivity index (χ1) is 12.5. The van der Waals surface area contributed by atoms with Crippen molar-refractivity contribution in [3.63, 3.8) is 0 Å². The zero-order chi connectivity index (χ0) is 18.6. The number of carboxylic acid groups (broad SMARTS) is 1. The third kappa shape index (κ3) is 4.42. The lowest BCUT2D eigenvalue weighted by Crippen LogP contribution is -2.35. The van der Waals surface area contributed by atoms with Crippen LogP contribution in [0.15, 0.2) is 48.5 Å². The Labute approximate surface area is 153 Å². The summed E-state index contributed by atoms with van der Waals surface area (Å²) in [5, 5.41) is 11.9. The number of aliphatic carboxylic acids is 1. The molecule has 0 atom stereocenters. The second kappa shape index (κ2) is 7.60. The highest BCUT2D eigenvalue weighted by atomic mass is 16.5. The molecule has 0 aromatic heterocycles. The summed E-state index contributed by atoms with van der Waals surface area (Å²) >= 11 is 0. The van der Waals surface area contributed by atoms with Gasteiger partial charge in [-0.15, -0.1) is 0 Å². The number of carboxylic acids is 1. The average Bonchev–Trinajstić information content (AvgIpc) is 3.41. The molecule has 0 bridgehead atoms. The number of carbonyl (C=O) groups is 2. The minimum Gasteiger partial charge on any atom is -0.489 e. The van der Waals surface area contributed by atoms with Crippen LogP contribution in [0.4, 0.5) is 0 Å². The fourth-order valence-corrected chi connectivity index (χ4v) is 2.81. The summed E-state index contributed by atoms with van der Waals surface area (Å²) < 4.78 is 5.84. The topological polar surface area (TPSA) is 75.6 Å². The van der Waals surface area contributed by atoms with Gasteiger partial charge in [-0.05, 0) is 48.6 Å². The van der Waals surface area contributed by atoms with Crippen molar-refractivity contribution in [2.24, 2.45) is 5.41 Å². The van der Waals surface area contributed by atoms with Gasteiger partial charge in [-0.25, -0.2) is 0 Å². The molecule has 0 heterocycles. The first kappa shape index (κ1) is 18.0. The second-order valence-electron chi connectivity index (χ2n) is 6.90. The molecule has 2 N–H and O–H groups in total. The SMILES string of the molecule is Cc1ccccc1COc1cccc(CC(=O)NCC2(C(=O)O)CC2)c1. The molecule has 2 aromatic rings. The fourth-order valence-electron chi connectivity index (χ4n) is 2.81. The Morgan fingerprint density at radius 2 is 1.92 bits per heavy atom. The predicted octanol–water partition coefficient (Wildman–Crippen LogP) is 3.10. The normalized spacial score (nSPS) is 14.5. The number of rotatable bonds is 8. The molecule has 0 saturated heterocycles. The van der Waals surface area contributed by atoms with Crippen LogP contribution in [0.5, 0.6) is 5.75 Å². The zero-order valence-corrected chi connectivity index (χ0v) is 14.8. The van der Waals surface area contributed by atoms with Crippen LogP contribution in [0.2, 0.25) is 0 Å². The molecule has 0 aliphatic heterocycles. The summed E-state index contributed by atoms with van der Waals surface area (Å²) in [4.78, 5) is 23.2. The van der Waals surface area contributed by atoms with Gasteiger partial charge >= 0.3 is 5.97 Å². The van der Waals surface area contributed by atoms with Crippen molar-refractivity contribution in [3.05, 3.63) is 65.2 Å². The van der Waals surface area contributed by atoms with Crippen LogP contribution < -0.4 is 10.1 Å². The van der Waals surface area contributed by atoms with Crippen molar-refractivity contribution in [3.8, 4) is 5.75 Å². The van der Waals surface area contributed by atoms with Crippen molar-refractivity contribution < 1.29 is 19.4 Å². The van der Waals surface area contributed by atoms with E-state index in [0.717, 1.165) is 11.1 Å². The van der Waals surface area contributed by atoms with Crippen LogP contribution in [-0.2, 0) is 22.6 Å². The largest absolute Gasteiger partial charge is 0.489 e. The third-order valence-corrected chi connectivity index (χ3v) is 4.85. The standard InChI is InChI=1S/C21H23NO4/c1-15-5-2-3-7-17(15)13-26-18-8-4-6-16(11-18)12-19(23)22-14-21(9-10-21)20(24)25/h2-8,11H,9-10,12-14H2,1H3,(H,22,23)(H,24,25). The Balaban J connectivity index is 1.53. The average molecular weight is 353 g/mol. The van der Waals surface area contributed by atoms with E-state index in [1.165, 1.54) is 5.56 Å². The van der Waals surface area contributed by atoms with Gasteiger partial charge in [-0.3, -0.25) is 9.59 Å². The van der Waals surface area contributed by atoms with Crippen molar-refractivity contribution in [2.45, 2.75) is 32.8 Å². The minimum atomic E-state index is -0.829. The Kier molecular flexibility index (Phi) is 5.26. The van der Waals surface area contributed by atoms with Gasteiger partial charge in [0.25, 0.3) is 0 Å². The van der Waals surface area contributed by atoms with E-state index < -0.39 is 11.4 Å². The van der Waals surface area contributed by atoms with Crippen LogP contribution in [0.3, 0.4) is 0 Å². The molecule has 1 aliphatic carbocycles. The molecule has 1 saturated carbocycles. The van der Waals surface area contributed by atoms with E-state index in [1.807, 2.05) is 55.5 Å². The molecule has 5 nitrogen and oxygen atoms in total. The number of carbonyl (C=O) groups excluding carboxylic acids is 1. The first-order valence-corrected chi connectivity index (χ1v) is 8.75. The summed E-state index contributed by atoms with van der Waals surface area (Å²) in [6.07, 6.45) is 1.47. The molecule has 26 heavy (non-hydrogen) atoms. The van der Waals surface area contributed by atoms with E-state index >= 15 is 0 Å². The second-order valence-corrected chi connectivity index (χ2v) is 6.90. The lowest BCUT2D eigenvalue weighted by molar-refractivity contribution is -0.143. The number of aryl methyl sites for hydroxylation is 1. The van der Waals surface area contributed by atoms with Crippen LogP contribution in [-0.4, -0.2) is 23.5 Å². The molecular formula is C21H23NO4. The van der Waals surface area contributed by atoms with Gasteiger partial charge < -0.3 is 15.2 Å². The van der Waals surface area contributed by atoms with E-state index in [9.17, 15) is 9.59 Å². The van der Waals surface area contributed by atoms with E-state index in [0.29, 0.717) is 25.2 Å². The van der Waals surface area contributed by atoms with Gasteiger partial charge in [0.1, 0.15) is 12.4 Å². The predicted molar refractivity (Wildman–Crippen MR) is 98.0 cm³/mol. The first-order valence-electron chi connectivity index (χ1n) is 8.75. The highest BCUT2D eigenvalue weighted by Crippen LogP contribution is 2.45. The quantitative estimate of drug-likeness (QED) is 0.765. The summed E-state index contributed by atoms with van der Waals surface area (Å²) in [5.41, 5.74) is 2.40. The maximum atomic E-state index is 12.1. The lowest BCUT2D eigenvalue weighted by Gasteiger charge is -2.12. The number of ether oxygens (including phenoxy) is 1. The van der Waals surface area contributed by atoms with Crippen molar-refractivity contribution in [1.82, 2.24) is 5.32 Å². The van der Waals surface area contributed by atoms with Gasteiger partial charge in [0, 0.05) is 6.54 Å². The molecule has 1 aliphatic rings. The van der Waals surface area contributed by atoms with Crippen LogP contribution in [0, 0.1) is 12.3 Å². The number of hydrogen-bond acceptors (Lipinski definition) is 3. The molecule has 136 valence electrons. The van der Waals surface area contributed by atoms with Gasteiger partial charge in [-0.2, -0.15) is 0 Å². The molecule has 1 amide bonds. The van der Waals surface area contributed by atoms with Gasteiger partial charge in [-0.1, -0.05) is 36.4 Å². The summed E-state index contributed by atoms with van der Waals surface area (Å²) in [6.45, 7) is 2.72. The molecule has 5 heteroatoms. The molecule has 3 rings (SSSR count). The molecule has 2 aromatic carbocycles. The molecule has 0 unspecified atom stereocenters. The highest BCUT2D eigenvalue weighted by molar-refractivity contribution is 5.82. The van der Waals surface area contributed by atoms with Crippen molar-refractivity contribution >= 4 is 11.9 Å². The molecular weight excluding hydrogens is 330 g/mol. The van der Waals surface area contributed by atoms with Gasteiger partial charge in [0.2, 0.25) is 5.91 Å². The Hall–Kier alpha value is -2.82. The fraction of sp³-hybridized carbons (Fsp3) is 0.333. The monoisotopic (exact) mass is 353 g/mol. The number of amides is 1. The third-order valence-electron chi connectivity index (χ3n) is 4.85. The van der Waals surface area contributed by atoms with E-state index in [1.54, 1.807) is 0 Å². The highest BCUT2D eigenvalue weighted by Gasteiger charge is 2.50. The maximum absolute atomic E-state index is 12.1. The smallest absolute Gasteiger partial charge is 0.311 e. The number of nitrogens with one attached hydrogen (secondary N) is 1. The van der Waals surface area contributed by atoms with E-state index in [4.69, 9.17) is 9.84 Å². The van der Waals surface area contributed by atoms with Crippen LogP contribution >= 0.6 is 0 Å². The van der Waals surface area contributed by atoms with E-state index in [-0.39, 0.29) is 18.9 Å². The summed E-state index contributed by atoms with van der Waals surface area (Å²) in [5.74, 6) is -0.291. The van der Waals surface area contributed by atoms with Gasteiger partial charge in [0.15, 0.2) is 0 Å². The van der Waals surface area contributed by atoms with Crippen molar-refractivity contribution in [1.29, 1.82) is 0 Å². The molecule has 1 fully saturated rings. The van der Waals surface area contributed by atoms with Crippen LogP contribution in [0.25, 0.3) is 0 Å². The molecule has 0 spiro atoms. The Bertz CT molecular complexity index is 811. The van der Waals surface area contributed by atoms with E-state index in [2.05, 4.69) is 5.32 Å². The summed E-state index contributed by atoms with van der Waals surface area (Å²) in [7, 11) is 0.